The van der Waals surface area contributed by atoms with Gasteiger partial charge in [-0.3, -0.25) is 9.69 Å². The SMILES string of the molecule is CC(C)c1ccc([C@@H]([NH2+]CC(=O)N2CCNC2=O)C(C)C)cc1. The van der Waals surface area contributed by atoms with Gasteiger partial charge >= 0.3 is 6.03 Å². The van der Waals surface area contributed by atoms with Crippen LogP contribution in [0.1, 0.15) is 50.8 Å². The zero-order valence-corrected chi connectivity index (χ0v) is 14.5. The molecule has 5 heteroatoms. The lowest BCUT2D eigenvalue weighted by atomic mass is 9.93. The summed E-state index contributed by atoms with van der Waals surface area (Å²) in [5.74, 6) is 0.797. The van der Waals surface area contributed by atoms with Crippen molar-refractivity contribution in [3.05, 3.63) is 35.4 Å². The first-order valence-electron chi connectivity index (χ1n) is 8.41. The van der Waals surface area contributed by atoms with Crippen molar-refractivity contribution in [2.75, 3.05) is 19.6 Å². The van der Waals surface area contributed by atoms with Crippen LogP contribution < -0.4 is 10.6 Å². The van der Waals surface area contributed by atoms with Gasteiger partial charge in [0.15, 0.2) is 6.54 Å². The minimum atomic E-state index is -0.272. The van der Waals surface area contributed by atoms with Gasteiger partial charge in [-0.15, -0.1) is 0 Å². The summed E-state index contributed by atoms with van der Waals surface area (Å²) in [4.78, 5) is 25.0. The summed E-state index contributed by atoms with van der Waals surface area (Å²) in [7, 11) is 0. The molecule has 0 spiro atoms. The highest BCUT2D eigenvalue weighted by Crippen LogP contribution is 2.21. The van der Waals surface area contributed by atoms with E-state index in [0.29, 0.717) is 31.5 Å². The number of nitrogens with one attached hydrogen (secondary N) is 1. The highest BCUT2D eigenvalue weighted by atomic mass is 16.2. The third-order valence-corrected chi connectivity index (χ3v) is 4.41. The summed E-state index contributed by atoms with van der Waals surface area (Å²) in [6, 6.07) is 8.59. The van der Waals surface area contributed by atoms with Gasteiger partial charge in [0.2, 0.25) is 0 Å². The lowest BCUT2D eigenvalue weighted by Crippen LogP contribution is -2.88. The Morgan fingerprint density at radius 2 is 1.78 bits per heavy atom. The predicted molar refractivity (Wildman–Crippen MR) is 90.0 cm³/mol. The van der Waals surface area contributed by atoms with E-state index in [-0.39, 0.29) is 18.0 Å². The minimum absolute atomic E-state index is 0.121. The second kappa shape index (κ2) is 7.59. The highest BCUT2D eigenvalue weighted by Gasteiger charge is 2.28. The van der Waals surface area contributed by atoms with E-state index in [0.717, 1.165) is 0 Å². The van der Waals surface area contributed by atoms with Gasteiger partial charge in [-0.2, -0.15) is 0 Å². The summed E-state index contributed by atoms with van der Waals surface area (Å²) in [5, 5.41) is 4.71. The number of nitrogens with zero attached hydrogens (tertiary/aromatic N) is 1. The van der Waals surface area contributed by atoms with E-state index >= 15 is 0 Å². The van der Waals surface area contributed by atoms with Crippen molar-refractivity contribution in [3.8, 4) is 0 Å². The number of hydrogen-bond acceptors (Lipinski definition) is 2. The zero-order valence-electron chi connectivity index (χ0n) is 14.5. The normalized spacial score (nSPS) is 16.1. The second-order valence-corrected chi connectivity index (χ2v) is 6.81. The van der Waals surface area contributed by atoms with Gasteiger partial charge in [-0.05, 0) is 11.5 Å². The molecule has 1 aromatic rings. The van der Waals surface area contributed by atoms with Gasteiger partial charge in [-0.25, -0.2) is 4.79 Å². The fraction of sp³-hybridized carbons (Fsp3) is 0.556. The first-order valence-corrected chi connectivity index (χ1v) is 8.41. The monoisotopic (exact) mass is 318 g/mol. The Morgan fingerprint density at radius 1 is 1.17 bits per heavy atom. The number of quaternary nitrogens is 1. The van der Waals surface area contributed by atoms with Crippen molar-refractivity contribution in [2.45, 2.75) is 39.7 Å². The van der Waals surface area contributed by atoms with Crippen LogP contribution in [0, 0.1) is 5.92 Å². The Bertz CT molecular complexity index is 552. The third-order valence-electron chi connectivity index (χ3n) is 4.41. The molecule has 1 atom stereocenters. The van der Waals surface area contributed by atoms with Crippen LogP contribution in [0.4, 0.5) is 4.79 Å². The van der Waals surface area contributed by atoms with Crippen molar-refractivity contribution >= 4 is 11.9 Å². The lowest BCUT2D eigenvalue weighted by Gasteiger charge is -2.21. The molecule has 3 N–H and O–H groups in total. The molecule has 1 aliphatic rings. The molecule has 0 bridgehead atoms. The largest absolute Gasteiger partial charge is 0.336 e. The van der Waals surface area contributed by atoms with E-state index in [1.54, 1.807) is 0 Å². The second-order valence-electron chi connectivity index (χ2n) is 6.81. The summed E-state index contributed by atoms with van der Waals surface area (Å²) in [6.45, 7) is 9.99. The van der Waals surface area contributed by atoms with Gasteiger partial charge in [-0.1, -0.05) is 52.0 Å². The average molecular weight is 318 g/mol. The molecule has 1 fully saturated rings. The average Bonchev–Trinajstić information content (AvgIpc) is 2.93. The van der Waals surface area contributed by atoms with E-state index in [4.69, 9.17) is 0 Å². The van der Waals surface area contributed by atoms with E-state index < -0.39 is 0 Å². The number of benzene rings is 1. The summed E-state index contributed by atoms with van der Waals surface area (Å²) in [6.07, 6.45) is 0. The van der Waals surface area contributed by atoms with E-state index in [1.807, 2.05) is 5.32 Å². The van der Waals surface area contributed by atoms with Gasteiger partial charge in [0, 0.05) is 24.6 Å². The van der Waals surface area contributed by atoms with E-state index in [9.17, 15) is 9.59 Å². The number of hydrogen-bond donors (Lipinski definition) is 2. The topological polar surface area (TPSA) is 66.0 Å². The van der Waals surface area contributed by atoms with Crippen LogP contribution in [0.15, 0.2) is 24.3 Å². The van der Waals surface area contributed by atoms with Crippen LogP contribution in [0.2, 0.25) is 0 Å². The molecule has 0 unspecified atom stereocenters. The quantitative estimate of drug-likeness (QED) is 0.837. The van der Waals surface area contributed by atoms with Crippen LogP contribution in [0.3, 0.4) is 0 Å². The maximum atomic E-state index is 12.2. The first kappa shape index (κ1) is 17.5. The van der Waals surface area contributed by atoms with Crippen molar-refractivity contribution < 1.29 is 14.9 Å². The smallest absolute Gasteiger partial charge is 0.324 e. The molecular weight excluding hydrogens is 290 g/mol. The Hall–Kier alpha value is -1.88. The number of urea groups is 1. The molecule has 3 amide bonds. The Kier molecular flexibility index (Phi) is 5.77. The fourth-order valence-corrected chi connectivity index (χ4v) is 2.94. The molecule has 1 aromatic carbocycles. The molecule has 0 aromatic heterocycles. The summed E-state index contributed by atoms with van der Waals surface area (Å²) >= 11 is 0. The zero-order chi connectivity index (χ0) is 17.0. The van der Waals surface area contributed by atoms with Gasteiger partial charge < -0.3 is 10.6 Å². The minimum Gasteiger partial charge on any atom is -0.336 e. The maximum Gasteiger partial charge on any atom is 0.324 e. The fourth-order valence-electron chi connectivity index (χ4n) is 2.94. The molecule has 2 rings (SSSR count). The van der Waals surface area contributed by atoms with Crippen LogP contribution in [0.25, 0.3) is 0 Å². The van der Waals surface area contributed by atoms with Gasteiger partial charge in [0.25, 0.3) is 5.91 Å². The molecule has 23 heavy (non-hydrogen) atoms. The number of amides is 3. The standard InChI is InChI=1S/C18H27N3O2/c1-12(2)14-5-7-15(8-6-14)17(13(3)4)20-11-16(22)21-10-9-19-18(21)23/h5-8,12-13,17,20H,9-11H2,1-4H3,(H,19,23)/p+1/t17-/m0/s1. The van der Waals surface area contributed by atoms with Crippen LogP contribution in [-0.2, 0) is 4.79 Å². The van der Waals surface area contributed by atoms with Gasteiger partial charge in [0.1, 0.15) is 6.04 Å². The molecule has 0 radical (unpaired) electrons. The molecule has 1 heterocycles. The van der Waals surface area contributed by atoms with Crippen molar-refractivity contribution in [3.63, 3.8) is 0 Å². The lowest BCUT2D eigenvalue weighted by molar-refractivity contribution is -0.692. The van der Waals surface area contributed by atoms with Crippen LogP contribution in [0.5, 0.6) is 0 Å². The molecule has 126 valence electrons. The predicted octanol–water partition coefficient (Wildman–Crippen LogP) is 1.62. The number of carbonyl (C=O) groups excluding carboxylic acids is 2. The summed E-state index contributed by atoms with van der Waals surface area (Å²) < 4.78 is 0. The molecule has 0 aliphatic carbocycles. The number of carbonyl (C=O) groups is 2. The molecule has 1 aliphatic heterocycles. The van der Waals surface area contributed by atoms with Crippen LogP contribution >= 0.6 is 0 Å². The number of imide groups is 1. The highest BCUT2D eigenvalue weighted by molar-refractivity contribution is 5.96. The molecule has 0 saturated carbocycles. The number of rotatable bonds is 6. The van der Waals surface area contributed by atoms with E-state index in [2.05, 4.69) is 57.3 Å². The Labute approximate surface area is 138 Å². The maximum absolute atomic E-state index is 12.2. The molecule has 1 saturated heterocycles. The van der Waals surface area contributed by atoms with E-state index in [1.165, 1.54) is 16.0 Å². The van der Waals surface area contributed by atoms with Crippen molar-refractivity contribution in [2.24, 2.45) is 5.92 Å². The van der Waals surface area contributed by atoms with Crippen molar-refractivity contribution in [1.82, 2.24) is 10.2 Å². The summed E-state index contributed by atoms with van der Waals surface area (Å²) in [5.41, 5.74) is 2.55. The third kappa shape index (κ3) is 4.32. The van der Waals surface area contributed by atoms with Crippen molar-refractivity contribution in [1.29, 1.82) is 0 Å². The van der Waals surface area contributed by atoms with Crippen LogP contribution in [-0.4, -0.2) is 36.5 Å². The molecule has 5 nitrogen and oxygen atoms in total. The number of nitrogens with two attached hydrogens (primary N) is 1. The Balaban J connectivity index is 2.01. The van der Waals surface area contributed by atoms with Gasteiger partial charge in [0.05, 0.1) is 0 Å². The molecular formula is C18H28N3O2+. The first-order chi connectivity index (χ1) is 10.9. The Morgan fingerprint density at radius 3 is 2.26 bits per heavy atom.